The van der Waals surface area contributed by atoms with Crippen LogP contribution in [0.2, 0.25) is 5.02 Å². The van der Waals surface area contributed by atoms with E-state index in [2.05, 4.69) is 20.6 Å². The van der Waals surface area contributed by atoms with Crippen molar-refractivity contribution in [3.8, 4) is 0 Å². The highest BCUT2D eigenvalue weighted by molar-refractivity contribution is 6.31. The summed E-state index contributed by atoms with van der Waals surface area (Å²) in [6, 6.07) is 6.41. The number of aromatic nitrogens is 2. The monoisotopic (exact) mass is 310 g/mol. The van der Waals surface area contributed by atoms with Crippen LogP contribution >= 0.6 is 11.6 Å². The van der Waals surface area contributed by atoms with Crippen molar-refractivity contribution in [1.82, 2.24) is 9.97 Å². The van der Waals surface area contributed by atoms with E-state index >= 15 is 0 Å². The lowest BCUT2D eigenvalue weighted by molar-refractivity contribution is 0.128. The normalized spacial score (nSPS) is 10.5. The number of ether oxygens (including phenoxy) is 1. The quantitative estimate of drug-likeness (QED) is 0.854. The molecule has 112 valence electrons. The number of nitrogens with one attached hydrogen (secondary N) is 2. The Morgan fingerprint density at radius 3 is 2.76 bits per heavy atom. The molecule has 21 heavy (non-hydrogen) atoms. The molecule has 0 aliphatic heterocycles. The van der Waals surface area contributed by atoms with E-state index in [4.69, 9.17) is 16.3 Å². The van der Waals surface area contributed by atoms with E-state index in [9.17, 15) is 4.39 Å². The van der Waals surface area contributed by atoms with Gasteiger partial charge in [-0.25, -0.2) is 14.4 Å². The number of anilines is 3. The van der Waals surface area contributed by atoms with Crippen molar-refractivity contribution in [3.63, 3.8) is 0 Å². The fourth-order valence-electron chi connectivity index (χ4n) is 1.69. The molecule has 0 bridgehead atoms. The van der Waals surface area contributed by atoms with E-state index in [0.717, 1.165) is 0 Å². The molecule has 0 aliphatic rings. The SMILES string of the molecule is CCOCc1nc(NC)cc(Nc2cccc(Cl)c2F)n1. The van der Waals surface area contributed by atoms with Gasteiger partial charge in [0.2, 0.25) is 0 Å². The summed E-state index contributed by atoms with van der Waals surface area (Å²) in [6.45, 7) is 2.75. The second-order valence-corrected chi connectivity index (χ2v) is 4.58. The third-order valence-electron chi connectivity index (χ3n) is 2.68. The molecular weight excluding hydrogens is 295 g/mol. The highest BCUT2D eigenvalue weighted by atomic mass is 35.5. The summed E-state index contributed by atoms with van der Waals surface area (Å²) in [5, 5.41) is 5.88. The van der Waals surface area contributed by atoms with E-state index in [1.54, 1.807) is 25.2 Å². The van der Waals surface area contributed by atoms with Gasteiger partial charge in [-0.05, 0) is 19.1 Å². The highest BCUT2D eigenvalue weighted by Gasteiger charge is 2.09. The van der Waals surface area contributed by atoms with Crippen molar-refractivity contribution in [2.45, 2.75) is 13.5 Å². The first kappa shape index (κ1) is 15.5. The third-order valence-corrected chi connectivity index (χ3v) is 2.97. The minimum Gasteiger partial charge on any atom is -0.374 e. The van der Waals surface area contributed by atoms with Crippen molar-refractivity contribution in [2.75, 3.05) is 24.3 Å². The van der Waals surface area contributed by atoms with Crippen molar-refractivity contribution >= 4 is 28.9 Å². The Morgan fingerprint density at radius 2 is 2.05 bits per heavy atom. The van der Waals surface area contributed by atoms with Crippen LogP contribution in [0.1, 0.15) is 12.7 Å². The standard InChI is InChI=1S/C14H16ClFN4O/c1-3-21-8-13-19-11(17-2)7-12(20-13)18-10-6-4-5-9(15)14(10)16/h4-7H,3,8H2,1-2H3,(H2,17,18,19,20). The molecule has 7 heteroatoms. The fourth-order valence-corrected chi connectivity index (χ4v) is 1.86. The summed E-state index contributed by atoms with van der Waals surface area (Å²) in [4.78, 5) is 8.55. The molecule has 0 radical (unpaired) electrons. The van der Waals surface area contributed by atoms with Crippen LogP contribution in [0, 0.1) is 5.82 Å². The molecule has 0 amide bonds. The number of benzene rings is 1. The zero-order valence-electron chi connectivity index (χ0n) is 11.8. The zero-order chi connectivity index (χ0) is 15.2. The number of nitrogens with zero attached hydrogens (tertiary/aromatic N) is 2. The van der Waals surface area contributed by atoms with Gasteiger partial charge >= 0.3 is 0 Å². The summed E-state index contributed by atoms with van der Waals surface area (Å²) in [5.41, 5.74) is 0.255. The van der Waals surface area contributed by atoms with Gasteiger partial charge in [0.05, 0.1) is 10.7 Å². The van der Waals surface area contributed by atoms with Gasteiger partial charge in [0, 0.05) is 19.7 Å². The minimum atomic E-state index is -0.518. The van der Waals surface area contributed by atoms with Crippen LogP contribution in [0.4, 0.5) is 21.7 Å². The first-order valence-corrected chi connectivity index (χ1v) is 6.86. The fraction of sp³-hybridized carbons (Fsp3) is 0.286. The Kier molecular flexibility index (Phi) is 5.30. The van der Waals surface area contributed by atoms with Gasteiger partial charge in [0.1, 0.15) is 18.2 Å². The molecular formula is C14H16ClFN4O. The number of hydrogen-bond donors (Lipinski definition) is 2. The van der Waals surface area contributed by atoms with E-state index in [-0.39, 0.29) is 10.7 Å². The van der Waals surface area contributed by atoms with E-state index in [1.165, 1.54) is 6.07 Å². The molecule has 0 saturated heterocycles. The van der Waals surface area contributed by atoms with Crippen LogP contribution in [0.5, 0.6) is 0 Å². The zero-order valence-corrected chi connectivity index (χ0v) is 12.5. The second kappa shape index (κ2) is 7.19. The molecule has 0 saturated carbocycles. The highest BCUT2D eigenvalue weighted by Crippen LogP contribution is 2.25. The molecule has 2 rings (SSSR count). The lowest BCUT2D eigenvalue weighted by atomic mass is 10.3. The van der Waals surface area contributed by atoms with Crippen LogP contribution in [0.3, 0.4) is 0 Å². The van der Waals surface area contributed by atoms with Crippen LogP contribution in [0.15, 0.2) is 24.3 Å². The predicted molar refractivity (Wildman–Crippen MR) is 81.6 cm³/mol. The molecule has 0 unspecified atom stereocenters. The molecule has 0 spiro atoms. The lowest BCUT2D eigenvalue weighted by Gasteiger charge is -2.11. The van der Waals surface area contributed by atoms with Crippen molar-refractivity contribution < 1.29 is 9.13 Å². The van der Waals surface area contributed by atoms with Gasteiger partial charge in [0.15, 0.2) is 11.6 Å². The van der Waals surface area contributed by atoms with Gasteiger partial charge in [-0.1, -0.05) is 17.7 Å². The Morgan fingerprint density at radius 1 is 1.29 bits per heavy atom. The van der Waals surface area contributed by atoms with Crippen molar-refractivity contribution in [2.24, 2.45) is 0 Å². The second-order valence-electron chi connectivity index (χ2n) is 4.17. The van der Waals surface area contributed by atoms with Crippen LogP contribution in [-0.4, -0.2) is 23.6 Å². The molecule has 1 aromatic carbocycles. The van der Waals surface area contributed by atoms with E-state index < -0.39 is 5.82 Å². The molecule has 2 aromatic rings. The summed E-state index contributed by atoms with van der Waals surface area (Å²) < 4.78 is 19.2. The van der Waals surface area contributed by atoms with Gasteiger partial charge in [0.25, 0.3) is 0 Å². The molecule has 2 N–H and O–H groups in total. The Balaban J connectivity index is 2.28. The average molecular weight is 311 g/mol. The topological polar surface area (TPSA) is 59.1 Å². The van der Waals surface area contributed by atoms with E-state index in [1.807, 2.05) is 6.92 Å². The number of hydrogen-bond acceptors (Lipinski definition) is 5. The maximum absolute atomic E-state index is 13.9. The maximum atomic E-state index is 13.9. The smallest absolute Gasteiger partial charge is 0.165 e. The minimum absolute atomic E-state index is 0.0532. The maximum Gasteiger partial charge on any atom is 0.165 e. The molecule has 1 aromatic heterocycles. The third kappa shape index (κ3) is 4.03. The molecule has 1 heterocycles. The molecule has 0 aliphatic carbocycles. The Hall–Kier alpha value is -1.92. The summed E-state index contributed by atoms with van der Waals surface area (Å²) in [6.07, 6.45) is 0. The first-order chi connectivity index (χ1) is 10.1. The first-order valence-electron chi connectivity index (χ1n) is 6.48. The summed E-state index contributed by atoms with van der Waals surface area (Å²) in [7, 11) is 1.75. The van der Waals surface area contributed by atoms with Gasteiger partial charge in [-0.2, -0.15) is 0 Å². The van der Waals surface area contributed by atoms with Crippen molar-refractivity contribution in [3.05, 3.63) is 40.9 Å². The van der Waals surface area contributed by atoms with Crippen molar-refractivity contribution in [1.29, 1.82) is 0 Å². The molecule has 0 fully saturated rings. The van der Waals surface area contributed by atoms with Gasteiger partial charge in [-0.15, -0.1) is 0 Å². The predicted octanol–water partition coefficient (Wildman–Crippen LogP) is 3.59. The average Bonchev–Trinajstić information content (AvgIpc) is 2.49. The van der Waals surface area contributed by atoms with Gasteiger partial charge < -0.3 is 15.4 Å². The molecule has 5 nitrogen and oxygen atoms in total. The van der Waals surface area contributed by atoms with Crippen LogP contribution in [-0.2, 0) is 11.3 Å². The summed E-state index contributed by atoms with van der Waals surface area (Å²) in [5.74, 6) is 1.07. The van der Waals surface area contributed by atoms with Crippen LogP contribution in [0.25, 0.3) is 0 Å². The van der Waals surface area contributed by atoms with Gasteiger partial charge in [-0.3, -0.25) is 0 Å². The Bertz CT molecular complexity index is 624. The van der Waals surface area contributed by atoms with E-state index in [0.29, 0.717) is 30.7 Å². The number of rotatable bonds is 6. The Labute approximate surface area is 127 Å². The lowest BCUT2D eigenvalue weighted by Crippen LogP contribution is -2.06. The molecule has 0 atom stereocenters. The summed E-state index contributed by atoms with van der Waals surface area (Å²) >= 11 is 5.76. The van der Waals surface area contributed by atoms with Crippen LogP contribution < -0.4 is 10.6 Å². The number of halogens is 2. The largest absolute Gasteiger partial charge is 0.374 e.